The van der Waals surface area contributed by atoms with Crippen molar-refractivity contribution in [2.24, 2.45) is 5.92 Å². The van der Waals surface area contributed by atoms with Crippen LogP contribution in [0.5, 0.6) is 0 Å². The van der Waals surface area contributed by atoms with Crippen molar-refractivity contribution in [1.82, 2.24) is 0 Å². The van der Waals surface area contributed by atoms with Gasteiger partial charge in [0.15, 0.2) is 0 Å². The summed E-state index contributed by atoms with van der Waals surface area (Å²) in [5.74, 6) is 0.619. The van der Waals surface area contributed by atoms with Crippen molar-refractivity contribution in [2.75, 3.05) is 0 Å². The van der Waals surface area contributed by atoms with Crippen molar-refractivity contribution in [3.63, 3.8) is 0 Å². The highest BCUT2D eigenvalue weighted by molar-refractivity contribution is 5.58. The average molecular weight is 272 g/mol. The first-order chi connectivity index (χ1) is 9.47. The molecule has 1 heteroatoms. The molecule has 1 saturated heterocycles. The molecule has 2 atom stereocenters. The Kier molecular flexibility index (Phi) is 5.04. The third-order valence-corrected chi connectivity index (χ3v) is 4.29. The lowest BCUT2D eigenvalue weighted by Gasteiger charge is -2.31. The lowest BCUT2D eigenvalue weighted by atomic mass is 9.95. The van der Waals surface area contributed by atoms with Gasteiger partial charge >= 0.3 is 0 Å². The Morgan fingerprint density at radius 3 is 2.35 bits per heavy atom. The Hall–Kier alpha value is -1.08. The van der Waals surface area contributed by atoms with E-state index in [1.54, 1.807) is 0 Å². The van der Waals surface area contributed by atoms with E-state index >= 15 is 0 Å². The summed E-state index contributed by atoms with van der Waals surface area (Å²) in [4.78, 5) is 0. The summed E-state index contributed by atoms with van der Waals surface area (Å²) in [6.45, 7) is 11.1. The molecule has 110 valence electrons. The maximum absolute atomic E-state index is 6.19. The van der Waals surface area contributed by atoms with E-state index in [1.165, 1.54) is 35.1 Å². The highest BCUT2D eigenvalue weighted by atomic mass is 16.5. The van der Waals surface area contributed by atoms with Crippen LogP contribution in [0.3, 0.4) is 0 Å². The van der Waals surface area contributed by atoms with E-state index in [9.17, 15) is 0 Å². The van der Waals surface area contributed by atoms with Gasteiger partial charge in [0.25, 0.3) is 0 Å². The van der Waals surface area contributed by atoms with Gasteiger partial charge in [-0.25, -0.2) is 0 Å². The third kappa shape index (κ3) is 3.73. The Bertz CT molecular complexity index is 462. The molecule has 0 aliphatic carbocycles. The highest BCUT2D eigenvalue weighted by Gasteiger charge is 2.22. The summed E-state index contributed by atoms with van der Waals surface area (Å²) >= 11 is 0. The van der Waals surface area contributed by atoms with Crippen molar-refractivity contribution in [2.45, 2.75) is 66.1 Å². The van der Waals surface area contributed by atoms with E-state index in [0.717, 1.165) is 6.42 Å². The second-order valence-electron chi connectivity index (χ2n) is 6.56. The SMILES string of the molecule is Cc1cc(C)c(/C=C/[C@H]2CCC[C@@H](C(C)C)O2)c(C)c1. The van der Waals surface area contributed by atoms with Gasteiger partial charge < -0.3 is 4.74 Å². The molecule has 0 saturated carbocycles. The molecule has 20 heavy (non-hydrogen) atoms. The monoisotopic (exact) mass is 272 g/mol. The van der Waals surface area contributed by atoms with Crippen LogP contribution >= 0.6 is 0 Å². The standard InChI is InChI=1S/C19H28O/c1-13(2)19-8-6-7-17(20-19)9-10-18-15(4)11-14(3)12-16(18)5/h9-13,17,19H,6-8H2,1-5H3/b10-9+/t17-,19+/m1/s1. The Morgan fingerprint density at radius 2 is 1.75 bits per heavy atom. The molecule has 1 heterocycles. The summed E-state index contributed by atoms with van der Waals surface area (Å²) in [7, 11) is 0. The molecule has 0 bridgehead atoms. The van der Waals surface area contributed by atoms with Crippen LogP contribution in [0.4, 0.5) is 0 Å². The van der Waals surface area contributed by atoms with Crippen LogP contribution in [0.2, 0.25) is 0 Å². The zero-order valence-corrected chi connectivity index (χ0v) is 13.6. The minimum absolute atomic E-state index is 0.288. The molecule has 2 rings (SSSR count). The van der Waals surface area contributed by atoms with Crippen molar-refractivity contribution in [1.29, 1.82) is 0 Å². The molecule has 0 N–H and O–H groups in total. The molecule has 1 aliphatic heterocycles. The minimum Gasteiger partial charge on any atom is -0.371 e. The number of rotatable bonds is 3. The molecular weight excluding hydrogens is 244 g/mol. The molecule has 0 amide bonds. The highest BCUT2D eigenvalue weighted by Crippen LogP contribution is 2.26. The normalized spacial score (nSPS) is 23.7. The predicted molar refractivity (Wildman–Crippen MR) is 87.0 cm³/mol. The van der Waals surface area contributed by atoms with Crippen LogP contribution in [0.1, 0.15) is 55.4 Å². The van der Waals surface area contributed by atoms with Crippen LogP contribution in [0, 0.1) is 26.7 Å². The fourth-order valence-corrected chi connectivity index (χ4v) is 3.17. The van der Waals surface area contributed by atoms with Gasteiger partial charge in [0, 0.05) is 0 Å². The smallest absolute Gasteiger partial charge is 0.0763 e. The number of aryl methyl sites for hydroxylation is 3. The van der Waals surface area contributed by atoms with Gasteiger partial charge in [-0.3, -0.25) is 0 Å². The first-order valence-corrected chi connectivity index (χ1v) is 7.89. The molecule has 1 fully saturated rings. The first kappa shape index (κ1) is 15.3. The Morgan fingerprint density at radius 1 is 1.10 bits per heavy atom. The zero-order valence-electron chi connectivity index (χ0n) is 13.6. The molecular formula is C19H28O. The van der Waals surface area contributed by atoms with Crippen LogP contribution in [0.25, 0.3) is 6.08 Å². The summed E-state index contributed by atoms with van der Waals surface area (Å²) in [5.41, 5.74) is 5.40. The summed E-state index contributed by atoms with van der Waals surface area (Å²) in [5, 5.41) is 0. The van der Waals surface area contributed by atoms with Gasteiger partial charge in [-0.15, -0.1) is 0 Å². The Labute approximate surface area is 124 Å². The molecule has 0 spiro atoms. The fraction of sp³-hybridized carbons (Fsp3) is 0.579. The van der Waals surface area contributed by atoms with Gasteiger partial charge in [0.1, 0.15) is 0 Å². The van der Waals surface area contributed by atoms with Crippen molar-refractivity contribution in [3.8, 4) is 0 Å². The predicted octanol–water partition coefficient (Wildman–Crippen LogP) is 5.22. The second kappa shape index (κ2) is 6.58. The molecule has 1 aromatic rings. The minimum atomic E-state index is 0.288. The lowest BCUT2D eigenvalue weighted by Crippen LogP contribution is -2.30. The largest absolute Gasteiger partial charge is 0.371 e. The average Bonchev–Trinajstić information content (AvgIpc) is 2.37. The van der Waals surface area contributed by atoms with Crippen LogP contribution in [-0.2, 0) is 4.74 Å². The first-order valence-electron chi connectivity index (χ1n) is 7.89. The van der Waals surface area contributed by atoms with Gasteiger partial charge in [0.2, 0.25) is 0 Å². The van der Waals surface area contributed by atoms with Crippen molar-refractivity contribution >= 4 is 6.08 Å². The lowest BCUT2D eigenvalue weighted by molar-refractivity contribution is -0.0481. The molecule has 1 aromatic carbocycles. The summed E-state index contributed by atoms with van der Waals surface area (Å²) in [6.07, 6.45) is 8.89. The topological polar surface area (TPSA) is 9.23 Å². The van der Waals surface area contributed by atoms with E-state index in [4.69, 9.17) is 4.74 Å². The van der Waals surface area contributed by atoms with Crippen LogP contribution in [-0.4, -0.2) is 12.2 Å². The summed E-state index contributed by atoms with van der Waals surface area (Å²) < 4.78 is 6.19. The fourth-order valence-electron chi connectivity index (χ4n) is 3.17. The van der Waals surface area contributed by atoms with Crippen LogP contribution < -0.4 is 0 Å². The number of ether oxygens (including phenoxy) is 1. The number of benzene rings is 1. The second-order valence-corrected chi connectivity index (χ2v) is 6.56. The third-order valence-electron chi connectivity index (χ3n) is 4.29. The van der Waals surface area contributed by atoms with E-state index in [-0.39, 0.29) is 6.10 Å². The molecule has 0 aromatic heterocycles. The summed E-state index contributed by atoms with van der Waals surface area (Å²) in [6, 6.07) is 4.51. The maximum Gasteiger partial charge on any atom is 0.0763 e. The molecule has 1 nitrogen and oxygen atoms in total. The van der Waals surface area contributed by atoms with Gasteiger partial charge in [-0.1, -0.05) is 43.7 Å². The number of hydrogen-bond donors (Lipinski definition) is 0. The maximum atomic E-state index is 6.19. The van der Waals surface area contributed by atoms with Gasteiger partial charge in [-0.05, 0) is 62.6 Å². The number of hydrogen-bond acceptors (Lipinski definition) is 1. The molecule has 0 radical (unpaired) electrons. The van der Waals surface area contributed by atoms with Crippen molar-refractivity contribution in [3.05, 3.63) is 40.5 Å². The van der Waals surface area contributed by atoms with E-state index < -0.39 is 0 Å². The molecule has 1 aliphatic rings. The van der Waals surface area contributed by atoms with Gasteiger partial charge in [-0.2, -0.15) is 0 Å². The van der Waals surface area contributed by atoms with Crippen molar-refractivity contribution < 1.29 is 4.74 Å². The quantitative estimate of drug-likeness (QED) is 0.733. The van der Waals surface area contributed by atoms with E-state index in [2.05, 4.69) is 58.9 Å². The van der Waals surface area contributed by atoms with E-state index in [0.29, 0.717) is 12.0 Å². The zero-order chi connectivity index (χ0) is 14.7. The van der Waals surface area contributed by atoms with Gasteiger partial charge in [0.05, 0.1) is 12.2 Å². The van der Waals surface area contributed by atoms with Crippen LogP contribution in [0.15, 0.2) is 18.2 Å². The molecule has 0 unspecified atom stereocenters. The van der Waals surface area contributed by atoms with E-state index in [1.807, 2.05) is 0 Å². The Balaban J connectivity index is 2.09.